The zero-order chi connectivity index (χ0) is 13.5. The Morgan fingerprint density at radius 2 is 1.95 bits per heavy atom. The lowest BCUT2D eigenvalue weighted by atomic mass is 10.1. The van der Waals surface area contributed by atoms with Gasteiger partial charge in [0.2, 0.25) is 0 Å². The van der Waals surface area contributed by atoms with E-state index < -0.39 is 0 Å². The number of hydrogen-bond donors (Lipinski definition) is 0. The Hall–Kier alpha value is -0.740. The lowest BCUT2D eigenvalue weighted by molar-refractivity contribution is 0.203. The van der Waals surface area contributed by atoms with E-state index >= 15 is 0 Å². The Labute approximate surface area is 124 Å². The van der Waals surface area contributed by atoms with Crippen LogP contribution >= 0.6 is 15.9 Å². The van der Waals surface area contributed by atoms with E-state index in [1.165, 1.54) is 32.4 Å². The quantitative estimate of drug-likeness (QED) is 0.743. The van der Waals surface area contributed by atoms with Crippen LogP contribution in [0.5, 0.6) is 11.5 Å². The highest BCUT2D eigenvalue weighted by Gasteiger charge is 2.09. The average Bonchev–Trinajstić information content (AvgIpc) is 2.46. The van der Waals surface area contributed by atoms with Crippen LogP contribution in [0.3, 0.4) is 0 Å². The average molecular weight is 328 g/mol. The van der Waals surface area contributed by atoms with Gasteiger partial charge >= 0.3 is 0 Å². The van der Waals surface area contributed by atoms with Crippen LogP contribution in [0, 0.1) is 0 Å². The third kappa shape index (κ3) is 4.69. The molecule has 2 rings (SSSR count). The van der Waals surface area contributed by atoms with Crippen molar-refractivity contribution in [3.63, 3.8) is 0 Å². The molecule has 4 heteroatoms. The van der Waals surface area contributed by atoms with E-state index in [-0.39, 0.29) is 0 Å². The molecule has 19 heavy (non-hydrogen) atoms. The summed E-state index contributed by atoms with van der Waals surface area (Å²) in [5.74, 6) is 1.61. The third-order valence-electron chi connectivity index (χ3n) is 3.45. The summed E-state index contributed by atoms with van der Waals surface area (Å²) in [6, 6.07) is 5.85. The number of ether oxygens (including phenoxy) is 2. The lowest BCUT2D eigenvalue weighted by Gasteiger charge is -2.26. The molecule has 1 fully saturated rings. The van der Waals surface area contributed by atoms with E-state index in [0.29, 0.717) is 0 Å². The van der Waals surface area contributed by atoms with Crippen LogP contribution in [0.2, 0.25) is 0 Å². The third-order valence-corrected chi connectivity index (χ3v) is 3.94. The first-order chi connectivity index (χ1) is 9.29. The van der Waals surface area contributed by atoms with Crippen LogP contribution in [0.4, 0.5) is 0 Å². The highest BCUT2D eigenvalue weighted by molar-refractivity contribution is 9.10. The van der Waals surface area contributed by atoms with Gasteiger partial charge in [0.15, 0.2) is 11.5 Å². The summed E-state index contributed by atoms with van der Waals surface area (Å²) in [4.78, 5) is 2.53. The molecular formula is C15H22BrNO2. The molecule has 1 aliphatic heterocycles. The summed E-state index contributed by atoms with van der Waals surface area (Å²) >= 11 is 3.43. The van der Waals surface area contributed by atoms with Gasteiger partial charge in [-0.3, -0.25) is 0 Å². The maximum atomic E-state index is 5.80. The molecule has 1 heterocycles. The van der Waals surface area contributed by atoms with Crippen molar-refractivity contribution in [3.05, 3.63) is 22.7 Å². The number of hydrogen-bond acceptors (Lipinski definition) is 3. The highest BCUT2D eigenvalue weighted by atomic mass is 79.9. The zero-order valence-corrected chi connectivity index (χ0v) is 13.1. The van der Waals surface area contributed by atoms with Gasteiger partial charge in [0, 0.05) is 11.0 Å². The number of methoxy groups -OCH3 is 1. The normalized spacial score (nSPS) is 16.3. The topological polar surface area (TPSA) is 21.7 Å². The molecule has 0 radical (unpaired) electrons. The Bertz CT molecular complexity index is 392. The van der Waals surface area contributed by atoms with Gasteiger partial charge in [-0.25, -0.2) is 0 Å². The van der Waals surface area contributed by atoms with Crippen molar-refractivity contribution in [2.24, 2.45) is 0 Å². The SMILES string of the molecule is COc1cc(Br)ccc1OCCCN1CCCCC1. The molecule has 3 nitrogen and oxygen atoms in total. The van der Waals surface area contributed by atoms with Gasteiger partial charge in [0.25, 0.3) is 0 Å². The largest absolute Gasteiger partial charge is 0.493 e. The van der Waals surface area contributed by atoms with Crippen LogP contribution in [0.15, 0.2) is 22.7 Å². The number of halogens is 1. The standard InChI is InChI=1S/C15H22BrNO2/c1-18-15-12-13(16)6-7-14(15)19-11-5-10-17-8-3-2-4-9-17/h6-7,12H,2-5,8-11H2,1H3. The van der Waals surface area contributed by atoms with Gasteiger partial charge in [-0.15, -0.1) is 0 Å². The molecule has 1 saturated heterocycles. The maximum Gasteiger partial charge on any atom is 0.161 e. The van der Waals surface area contributed by atoms with Crippen LogP contribution in [0.1, 0.15) is 25.7 Å². The predicted octanol–water partition coefficient (Wildman–Crippen LogP) is 3.71. The molecule has 0 spiro atoms. The van der Waals surface area contributed by atoms with Crippen molar-refractivity contribution < 1.29 is 9.47 Å². The highest BCUT2D eigenvalue weighted by Crippen LogP contribution is 2.30. The van der Waals surface area contributed by atoms with Crippen molar-refractivity contribution in [3.8, 4) is 11.5 Å². The fourth-order valence-electron chi connectivity index (χ4n) is 2.41. The van der Waals surface area contributed by atoms with Gasteiger partial charge in [0.05, 0.1) is 13.7 Å². The van der Waals surface area contributed by atoms with E-state index in [4.69, 9.17) is 9.47 Å². The molecule has 1 aromatic rings. The Morgan fingerprint density at radius 3 is 2.68 bits per heavy atom. The van der Waals surface area contributed by atoms with E-state index in [1.807, 2.05) is 18.2 Å². The van der Waals surface area contributed by atoms with Crippen LogP contribution in [-0.2, 0) is 0 Å². The second kappa shape index (κ2) is 7.75. The van der Waals surface area contributed by atoms with Crippen LogP contribution in [0.25, 0.3) is 0 Å². The summed E-state index contributed by atoms with van der Waals surface area (Å²) in [6.45, 7) is 4.39. The molecule has 1 aliphatic rings. The Balaban J connectivity index is 1.73. The van der Waals surface area contributed by atoms with Crippen LogP contribution < -0.4 is 9.47 Å². The predicted molar refractivity (Wildman–Crippen MR) is 81.1 cm³/mol. The molecule has 0 saturated carbocycles. The van der Waals surface area contributed by atoms with Gasteiger partial charge in [-0.2, -0.15) is 0 Å². The molecular weight excluding hydrogens is 306 g/mol. The van der Waals surface area contributed by atoms with Gasteiger partial charge in [-0.05, 0) is 50.6 Å². The van der Waals surface area contributed by atoms with Crippen molar-refractivity contribution in [1.82, 2.24) is 4.90 Å². The molecule has 0 bridgehead atoms. The number of nitrogens with zero attached hydrogens (tertiary/aromatic N) is 1. The van der Waals surface area contributed by atoms with E-state index in [2.05, 4.69) is 20.8 Å². The van der Waals surface area contributed by atoms with Crippen molar-refractivity contribution >= 4 is 15.9 Å². The van der Waals surface area contributed by atoms with E-state index in [9.17, 15) is 0 Å². The molecule has 0 unspecified atom stereocenters. The summed E-state index contributed by atoms with van der Waals surface area (Å²) < 4.78 is 12.1. The van der Waals surface area contributed by atoms with Crippen molar-refractivity contribution in [1.29, 1.82) is 0 Å². The number of rotatable bonds is 6. The van der Waals surface area contributed by atoms with Gasteiger partial charge in [-0.1, -0.05) is 22.4 Å². The molecule has 0 aromatic heterocycles. The molecule has 0 amide bonds. The van der Waals surface area contributed by atoms with Crippen molar-refractivity contribution in [2.45, 2.75) is 25.7 Å². The maximum absolute atomic E-state index is 5.80. The Kier molecular flexibility index (Phi) is 5.98. The fraction of sp³-hybridized carbons (Fsp3) is 0.600. The summed E-state index contributed by atoms with van der Waals surface area (Å²) in [5, 5.41) is 0. The van der Waals surface area contributed by atoms with Crippen molar-refractivity contribution in [2.75, 3.05) is 33.4 Å². The minimum Gasteiger partial charge on any atom is -0.493 e. The minimum absolute atomic E-state index is 0.745. The first-order valence-corrected chi connectivity index (χ1v) is 7.77. The minimum atomic E-state index is 0.745. The molecule has 0 N–H and O–H groups in total. The van der Waals surface area contributed by atoms with Gasteiger partial charge in [0.1, 0.15) is 0 Å². The number of benzene rings is 1. The Morgan fingerprint density at radius 1 is 1.16 bits per heavy atom. The molecule has 0 aliphatic carbocycles. The summed E-state index contributed by atoms with van der Waals surface area (Å²) in [5.41, 5.74) is 0. The van der Waals surface area contributed by atoms with E-state index in [0.717, 1.165) is 35.5 Å². The second-order valence-electron chi connectivity index (χ2n) is 4.90. The monoisotopic (exact) mass is 327 g/mol. The summed E-state index contributed by atoms with van der Waals surface area (Å²) in [6.07, 6.45) is 5.16. The first kappa shape index (κ1) is 14.7. The van der Waals surface area contributed by atoms with Gasteiger partial charge < -0.3 is 14.4 Å². The van der Waals surface area contributed by atoms with Crippen LogP contribution in [-0.4, -0.2) is 38.3 Å². The van der Waals surface area contributed by atoms with E-state index in [1.54, 1.807) is 7.11 Å². The number of likely N-dealkylation sites (tertiary alicyclic amines) is 1. The second-order valence-corrected chi connectivity index (χ2v) is 5.82. The number of piperidine rings is 1. The molecule has 106 valence electrons. The lowest BCUT2D eigenvalue weighted by Crippen LogP contribution is -2.31. The smallest absolute Gasteiger partial charge is 0.161 e. The summed E-state index contributed by atoms with van der Waals surface area (Å²) in [7, 11) is 1.67. The molecule has 1 aromatic carbocycles. The zero-order valence-electron chi connectivity index (χ0n) is 11.5. The first-order valence-electron chi connectivity index (χ1n) is 6.98. The fourth-order valence-corrected chi connectivity index (χ4v) is 2.75. The molecule has 0 atom stereocenters.